The molecule has 0 aromatic heterocycles. The highest BCUT2D eigenvalue weighted by atomic mass is 28.4. The van der Waals surface area contributed by atoms with Crippen molar-refractivity contribution in [3.05, 3.63) is 12.2 Å². The van der Waals surface area contributed by atoms with Gasteiger partial charge in [0.15, 0.2) is 8.32 Å². The van der Waals surface area contributed by atoms with Gasteiger partial charge in [-0.05, 0) is 69.5 Å². The lowest BCUT2D eigenvalue weighted by Gasteiger charge is -2.37. The maximum atomic E-state index is 13.4. The first-order valence-corrected chi connectivity index (χ1v) is 15.1. The van der Waals surface area contributed by atoms with Crippen LogP contribution in [-0.4, -0.2) is 66.9 Å². The first-order valence-electron chi connectivity index (χ1n) is 12.1. The van der Waals surface area contributed by atoms with E-state index < -0.39 is 31.9 Å². The third-order valence-electron chi connectivity index (χ3n) is 7.66. The van der Waals surface area contributed by atoms with E-state index in [4.69, 9.17) is 4.74 Å². The minimum atomic E-state index is -2.44. The number of rotatable bonds is 5. The Hall–Kier alpha value is -2.00. The molecule has 0 radical (unpaired) electrons. The summed E-state index contributed by atoms with van der Waals surface area (Å²) in [6, 6.07) is -1.09. The summed E-state index contributed by atoms with van der Waals surface area (Å²) in [5.41, 5.74) is -1.07. The fraction of sp³-hybridized carbons (Fsp3) is 0.750. The zero-order valence-corrected chi connectivity index (χ0v) is 21.6. The Morgan fingerprint density at radius 1 is 1.36 bits per heavy atom. The molecule has 33 heavy (non-hydrogen) atoms. The Kier molecular flexibility index (Phi) is 7.53. The van der Waals surface area contributed by atoms with E-state index >= 15 is 0 Å². The van der Waals surface area contributed by atoms with Crippen LogP contribution in [0.4, 0.5) is 4.79 Å². The first kappa shape index (κ1) is 25.6. The van der Waals surface area contributed by atoms with Crippen molar-refractivity contribution in [1.29, 1.82) is 0 Å². The Bertz CT molecular complexity index is 834. The summed E-state index contributed by atoms with van der Waals surface area (Å²) in [5.74, 6) is -0.787. The van der Waals surface area contributed by atoms with Gasteiger partial charge in [0.25, 0.3) is 5.91 Å². The number of hydrogen-bond acceptors (Lipinski definition) is 5. The summed E-state index contributed by atoms with van der Waals surface area (Å²) in [6.45, 7) is 10.3. The van der Waals surface area contributed by atoms with Crippen LogP contribution in [0.3, 0.4) is 0 Å². The number of hydrogen-bond donors (Lipinski definition) is 2. The number of allylic oxidation sites excluding steroid dienone is 1. The second kappa shape index (κ2) is 9.70. The molecule has 1 aliphatic carbocycles. The number of fused-ring (bicyclic) bond motifs is 2. The summed E-state index contributed by atoms with van der Waals surface area (Å²) in [4.78, 5) is 55.5. The lowest BCUT2D eigenvalue weighted by atomic mass is 9.94. The van der Waals surface area contributed by atoms with Gasteiger partial charge in [0.05, 0.1) is 6.61 Å². The smallest absolute Gasteiger partial charge is 0.332 e. The fourth-order valence-corrected chi connectivity index (χ4v) is 5.59. The molecule has 2 N–H and O–H groups in total. The summed E-state index contributed by atoms with van der Waals surface area (Å²) in [6.07, 6.45) is 9.75. The van der Waals surface area contributed by atoms with Gasteiger partial charge in [0, 0.05) is 18.7 Å². The Morgan fingerprint density at radius 3 is 2.76 bits per heavy atom. The molecule has 4 atom stereocenters. The molecular formula is C24H39N3O5Si. The standard InChI is InChI=1S/C24H39N3O5Si/c1-6-32-21(29)24-15-18(24)11-9-7-8-10-12-25-20(28)19-13-17(16-27(19)22(30)26-24)14-23(2,3)33(4,5)31/h9,11-12,17-19,31H,6-8,10,13-16H2,1-5H3,(H,26,30)/b11-9-,25-12?/t17-,18+,19-,24+/m0/s1. The predicted molar refractivity (Wildman–Crippen MR) is 129 cm³/mol. The summed E-state index contributed by atoms with van der Waals surface area (Å²) < 4.78 is 5.28. The molecule has 2 aliphatic heterocycles. The molecule has 0 aromatic rings. The number of carbonyl (C=O) groups excluding carboxylic acids is 3. The molecule has 0 spiro atoms. The van der Waals surface area contributed by atoms with Crippen molar-refractivity contribution in [3.8, 4) is 0 Å². The molecule has 3 rings (SSSR count). The number of nitrogens with one attached hydrogen (secondary N) is 1. The predicted octanol–water partition coefficient (Wildman–Crippen LogP) is 3.41. The highest BCUT2D eigenvalue weighted by Crippen LogP contribution is 2.47. The Morgan fingerprint density at radius 2 is 2.09 bits per heavy atom. The first-order chi connectivity index (χ1) is 15.4. The van der Waals surface area contributed by atoms with Crippen LogP contribution in [0.5, 0.6) is 0 Å². The minimum Gasteiger partial charge on any atom is -0.464 e. The van der Waals surface area contributed by atoms with Crippen LogP contribution in [0.25, 0.3) is 0 Å². The summed E-state index contributed by atoms with van der Waals surface area (Å²) >= 11 is 0. The van der Waals surface area contributed by atoms with Gasteiger partial charge in [-0.25, -0.2) is 14.6 Å². The molecule has 3 amide bonds. The van der Waals surface area contributed by atoms with Crippen molar-refractivity contribution >= 4 is 32.4 Å². The average Bonchev–Trinajstić information content (AvgIpc) is 3.24. The van der Waals surface area contributed by atoms with Crippen LogP contribution in [0.15, 0.2) is 17.1 Å². The molecule has 0 bridgehead atoms. The molecule has 1 saturated heterocycles. The molecule has 3 aliphatic rings. The highest BCUT2D eigenvalue weighted by Gasteiger charge is 2.62. The van der Waals surface area contributed by atoms with Gasteiger partial charge in [0.2, 0.25) is 0 Å². The number of urea groups is 1. The lowest BCUT2D eigenvalue weighted by molar-refractivity contribution is -0.147. The van der Waals surface area contributed by atoms with E-state index in [0.29, 0.717) is 32.2 Å². The monoisotopic (exact) mass is 477 g/mol. The molecule has 9 heteroatoms. The van der Waals surface area contributed by atoms with Gasteiger partial charge < -0.3 is 19.7 Å². The number of esters is 1. The number of carbonyl (C=O) groups is 3. The van der Waals surface area contributed by atoms with E-state index in [-0.39, 0.29) is 29.4 Å². The van der Waals surface area contributed by atoms with Crippen LogP contribution in [0.2, 0.25) is 18.1 Å². The van der Waals surface area contributed by atoms with E-state index in [0.717, 1.165) is 12.8 Å². The maximum absolute atomic E-state index is 13.4. The second-order valence-corrected chi connectivity index (χ2v) is 15.3. The van der Waals surface area contributed by atoms with Gasteiger partial charge in [-0.15, -0.1) is 0 Å². The van der Waals surface area contributed by atoms with Crippen LogP contribution in [-0.2, 0) is 14.3 Å². The molecule has 0 aromatic carbocycles. The van der Waals surface area contributed by atoms with Crippen LogP contribution < -0.4 is 5.32 Å². The van der Waals surface area contributed by atoms with Crippen molar-refractivity contribution in [1.82, 2.24) is 10.2 Å². The van der Waals surface area contributed by atoms with Crippen molar-refractivity contribution in [3.63, 3.8) is 0 Å². The third kappa shape index (κ3) is 5.57. The Balaban J connectivity index is 1.86. The van der Waals surface area contributed by atoms with Gasteiger partial charge in [-0.3, -0.25) is 4.79 Å². The largest absolute Gasteiger partial charge is 0.464 e. The van der Waals surface area contributed by atoms with E-state index in [1.807, 2.05) is 25.2 Å². The van der Waals surface area contributed by atoms with Gasteiger partial charge in [-0.2, -0.15) is 0 Å². The molecule has 2 fully saturated rings. The highest BCUT2D eigenvalue weighted by molar-refractivity contribution is 6.72. The molecule has 2 heterocycles. The van der Waals surface area contributed by atoms with Crippen molar-refractivity contribution < 1.29 is 23.9 Å². The molecule has 184 valence electrons. The van der Waals surface area contributed by atoms with Crippen molar-refractivity contribution in [2.45, 2.75) is 89.0 Å². The van der Waals surface area contributed by atoms with Crippen molar-refractivity contribution in [2.24, 2.45) is 16.8 Å². The van der Waals surface area contributed by atoms with Gasteiger partial charge in [0.1, 0.15) is 11.6 Å². The van der Waals surface area contributed by atoms with E-state index in [9.17, 15) is 19.2 Å². The topological polar surface area (TPSA) is 108 Å². The van der Waals surface area contributed by atoms with E-state index in [1.54, 1.807) is 13.1 Å². The summed E-state index contributed by atoms with van der Waals surface area (Å²) in [7, 11) is -2.44. The zero-order chi connectivity index (χ0) is 24.4. The third-order valence-corrected chi connectivity index (χ3v) is 11.2. The van der Waals surface area contributed by atoms with E-state index in [2.05, 4.69) is 24.2 Å². The zero-order valence-electron chi connectivity index (χ0n) is 20.6. The normalized spacial score (nSPS) is 31.8. The number of ether oxygens (including phenoxy) is 1. The fourth-order valence-electron chi connectivity index (χ4n) is 4.80. The van der Waals surface area contributed by atoms with Crippen molar-refractivity contribution in [2.75, 3.05) is 13.2 Å². The quantitative estimate of drug-likeness (QED) is 0.358. The Labute approximate surface area is 198 Å². The van der Waals surface area contributed by atoms with E-state index in [1.165, 1.54) is 4.90 Å². The summed E-state index contributed by atoms with van der Waals surface area (Å²) in [5, 5.41) is 2.66. The molecule has 8 nitrogen and oxygen atoms in total. The number of aliphatic imine (C=N–C) groups is 1. The van der Waals surface area contributed by atoms with Crippen LogP contribution in [0.1, 0.15) is 59.3 Å². The second-order valence-electron chi connectivity index (χ2n) is 10.9. The number of amides is 3. The number of nitrogens with zero attached hydrogens (tertiary/aromatic N) is 2. The van der Waals surface area contributed by atoms with Gasteiger partial charge in [-0.1, -0.05) is 26.0 Å². The molecular weight excluding hydrogens is 438 g/mol. The molecule has 0 unspecified atom stereocenters. The average molecular weight is 478 g/mol. The SMILES string of the molecule is CCOC(=O)[C@@]12C[C@H]1/C=C\CCCC=NC(=O)[C@@H]1C[C@@H](CC(C)(C)[Si](C)(C)O)CN1C(=O)N2. The lowest BCUT2D eigenvalue weighted by Crippen LogP contribution is -2.53. The van der Waals surface area contributed by atoms with Crippen LogP contribution in [0, 0.1) is 11.8 Å². The van der Waals surface area contributed by atoms with Gasteiger partial charge >= 0.3 is 12.0 Å². The maximum Gasteiger partial charge on any atom is 0.332 e. The minimum absolute atomic E-state index is 0.0675. The van der Waals surface area contributed by atoms with Crippen LogP contribution >= 0.6 is 0 Å². The molecule has 1 saturated carbocycles.